The molecule has 0 bridgehead atoms. The first-order valence-corrected chi connectivity index (χ1v) is 7.36. The van der Waals surface area contributed by atoms with Crippen LogP contribution in [0.3, 0.4) is 0 Å². The molecule has 0 fully saturated rings. The van der Waals surface area contributed by atoms with Gasteiger partial charge in [-0.05, 0) is 18.2 Å². The van der Waals surface area contributed by atoms with Crippen LogP contribution in [0, 0.1) is 11.8 Å². The molecule has 0 unspecified atom stereocenters. The van der Waals surface area contributed by atoms with Gasteiger partial charge < -0.3 is 15.2 Å². The van der Waals surface area contributed by atoms with Gasteiger partial charge in [0, 0.05) is 0 Å². The fraction of sp³-hybridized carbons (Fsp3) is 0.308. The number of nitrogens with two attached hydrogens (primary N) is 1. The van der Waals surface area contributed by atoms with Gasteiger partial charge in [-0.2, -0.15) is 4.72 Å². The largest absolute Gasteiger partial charge is 0.495 e. The number of ether oxygens (including phenoxy) is 2. The number of hydrogen-bond donors (Lipinski definition) is 2. The highest BCUT2D eigenvalue weighted by molar-refractivity contribution is 7.89. The third-order valence-electron chi connectivity index (χ3n) is 2.44. The molecule has 0 spiro atoms. The van der Waals surface area contributed by atoms with Crippen LogP contribution in [-0.4, -0.2) is 41.7 Å². The highest BCUT2D eigenvalue weighted by Gasteiger charge is 2.17. The minimum absolute atomic E-state index is 0.0338. The Bertz CT molecular complexity index is 674. The molecule has 0 aliphatic carbocycles. The zero-order valence-electron chi connectivity index (χ0n) is 11.7. The second kappa shape index (κ2) is 7.64. The van der Waals surface area contributed by atoms with Crippen molar-refractivity contribution in [2.24, 2.45) is 5.73 Å². The molecule has 0 amide bonds. The molecule has 1 aromatic carbocycles. The Kier molecular flexibility index (Phi) is 6.17. The van der Waals surface area contributed by atoms with E-state index in [9.17, 15) is 13.2 Å². The summed E-state index contributed by atoms with van der Waals surface area (Å²) in [5, 5.41) is 0. The number of benzene rings is 1. The Labute approximate surface area is 123 Å². The maximum absolute atomic E-state index is 12.0. The molecule has 0 heterocycles. The van der Waals surface area contributed by atoms with E-state index in [2.05, 4.69) is 21.3 Å². The minimum atomic E-state index is -3.84. The van der Waals surface area contributed by atoms with Gasteiger partial charge in [-0.3, -0.25) is 4.79 Å². The molecular weight excluding hydrogens is 296 g/mol. The lowest BCUT2D eigenvalue weighted by molar-refractivity contribution is -0.139. The summed E-state index contributed by atoms with van der Waals surface area (Å²) in [5.41, 5.74) is 5.68. The lowest BCUT2D eigenvalue weighted by Crippen LogP contribution is -2.30. The summed E-state index contributed by atoms with van der Waals surface area (Å²) in [5.74, 6) is 5.10. The molecule has 0 saturated heterocycles. The Morgan fingerprint density at radius 2 is 2.10 bits per heavy atom. The van der Waals surface area contributed by atoms with Gasteiger partial charge in [-0.25, -0.2) is 8.42 Å². The Morgan fingerprint density at radius 3 is 2.67 bits per heavy atom. The van der Waals surface area contributed by atoms with Gasteiger partial charge in [0.05, 0.1) is 31.2 Å². The van der Waals surface area contributed by atoms with Crippen LogP contribution in [0.25, 0.3) is 0 Å². The molecule has 0 atom stereocenters. The second-order valence-electron chi connectivity index (χ2n) is 3.77. The zero-order valence-corrected chi connectivity index (χ0v) is 12.5. The van der Waals surface area contributed by atoms with Crippen molar-refractivity contribution in [2.75, 3.05) is 27.3 Å². The maximum Gasteiger partial charge on any atom is 0.320 e. The lowest BCUT2D eigenvalue weighted by Gasteiger charge is -2.08. The fourth-order valence-electron chi connectivity index (χ4n) is 1.41. The third kappa shape index (κ3) is 4.75. The quantitative estimate of drug-likeness (QED) is 0.558. The third-order valence-corrected chi connectivity index (χ3v) is 3.84. The molecule has 114 valence electrons. The predicted octanol–water partition coefficient (Wildman–Crippen LogP) is -0.543. The minimum Gasteiger partial charge on any atom is -0.495 e. The highest BCUT2D eigenvalue weighted by atomic mass is 32.2. The Morgan fingerprint density at radius 1 is 1.38 bits per heavy atom. The molecular formula is C13H16N2O5S. The summed E-state index contributed by atoms with van der Waals surface area (Å²) in [4.78, 5) is 11.0. The molecule has 8 heteroatoms. The predicted molar refractivity (Wildman–Crippen MR) is 76.1 cm³/mol. The van der Waals surface area contributed by atoms with E-state index < -0.39 is 22.5 Å². The van der Waals surface area contributed by atoms with Crippen molar-refractivity contribution in [2.45, 2.75) is 4.90 Å². The van der Waals surface area contributed by atoms with Crippen LogP contribution in [0.15, 0.2) is 23.1 Å². The van der Waals surface area contributed by atoms with Crippen molar-refractivity contribution >= 4 is 16.0 Å². The van der Waals surface area contributed by atoms with E-state index in [4.69, 9.17) is 10.5 Å². The summed E-state index contributed by atoms with van der Waals surface area (Å²) >= 11 is 0. The second-order valence-corrected chi connectivity index (χ2v) is 5.54. The average Bonchev–Trinajstić information content (AvgIpc) is 2.50. The molecule has 0 aromatic heterocycles. The Balaban J connectivity index is 3.10. The van der Waals surface area contributed by atoms with Gasteiger partial charge in [-0.1, -0.05) is 11.8 Å². The summed E-state index contributed by atoms with van der Waals surface area (Å²) in [7, 11) is -1.22. The summed E-state index contributed by atoms with van der Waals surface area (Å²) in [6.07, 6.45) is 0. The molecule has 0 aliphatic heterocycles. The van der Waals surface area contributed by atoms with E-state index >= 15 is 0 Å². The van der Waals surface area contributed by atoms with Crippen molar-refractivity contribution in [3.63, 3.8) is 0 Å². The number of carbonyl (C=O) groups is 1. The first-order chi connectivity index (χ1) is 9.94. The van der Waals surface area contributed by atoms with Crippen LogP contribution >= 0.6 is 0 Å². The summed E-state index contributed by atoms with van der Waals surface area (Å²) in [6.45, 7) is -0.310. The van der Waals surface area contributed by atoms with Gasteiger partial charge in [0.25, 0.3) is 0 Å². The number of hydrogen-bond acceptors (Lipinski definition) is 6. The number of carbonyl (C=O) groups excluding carboxylic acids is 1. The first kappa shape index (κ1) is 17.0. The number of esters is 1. The molecule has 21 heavy (non-hydrogen) atoms. The van der Waals surface area contributed by atoms with Crippen molar-refractivity contribution in [3.8, 4) is 17.6 Å². The maximum atomic E-state index is 12.0. The van der Waals surface area contributed by atoms with Crippen LogP contribution < -0.4 is 15.2 Å². The lowest BCUT2D eigenvalue weighted by atomic mass is 10.2. The average molecular weight is 312 g/mol. The van der Waals surface area contributed by atoms with E-state index in [0.717, 1.165) is 0 Å². The normalized spacial score (nSPS) is 10.4. The van der Waals surface area contributed by atoms with E-state index in [1.165, 1.54) is 32.4 Å². The summed E-state index contributed by atoms with van der Waals surface area (Å²) < 4.78 is 35.7. The van der Waals surface area contributed by atoms with E-state index in [1.807, 2.05) is 0 Å². The van der Waals surface area contributed by atoms with Gasteiger partial charge in [0.1, 0.15) is 12.3 Å². The van der Waals surface area contributed by atoms with Crippen LogP contribution in [-0.2, 0) is 19.6 Å². The van der Waals surface area contributed by atoms with Crippen LogP contribution in [0.1, 0.15) is 5.56 Å². The van der Waals surface area contributed by atoms with Crippen LogP contribution in [0.2, 0.25) is 0 Å². The molecule has 1 aromatic rings. The zero-order chi connectivity index (χ0) is 15.9. The molecule has 0 saturated carbocycles. The molecule has 1 rings (SSSR count). The molecule has 3 N–H and O–H groups in total. The number of rotatable bonds is 5. The number of sulfonamides is 1. The monoisotopic (exact) mass is 312 g/mol. The highest BCUT2D eigenvalue weighted by Crippen LogP contribution is 2.21. The van der Waals surface area contributed by atoms with E-state index in [1.54, 1.807) is 0 Å². The van der Waals surface area contributed by atoms with Crippen molar-refractivity contribution in [1.29, 1.82) is 0 Å². The fourth-order valence-corrected chi connectivity index (χ4v) is 2.40. The van der Waals surface area contributed by atoms with Crippen molar-refractivity contribution in [3.05, 3.63) is 23.8 Å². The first-order valence-electron chi connectivity index (χ1n) is 5.88. The molecule has 0 radical (unpaired) electrons. The van der Waals surface area contributed by atoms with E-state index in [0.29, 0.717) is 11.3 Å². The molecule has 0 aliphatic rings. The van der Waals surface area contributed by atoms with Gasteiger partial charge in [0.15, 0.2) is 0 Å². The Hall–Kier alpha value is -2.08. The topological polar surface area (TPSA) is 108 Å². The number of methoxy groups -OCH3 is 2. The number of nitrogens with one attached hydrogen (secondary N) is 1. The standard InChI is InChI=1S/C13H16N2O5S/c1-19-12-6-5-11(8-10(12)4-3-7-14)21(17,18)15-9-13(16)20-2/h5-6,8,15H,7,9,14H2,1-2H3. The van der Waals surface area contributed by atoms with Crippen molar-refractivity contribution < 1.29 is 22.7 Å². The molecule has 7 nitrogen and oxygen atoms in total. The summed E-state index contributed by atoms with van der Waals surface area (Å²) in [6, 6.07) is 4.18. The smallest absolute Gasteiger partial charge is 0.320 e. The SMILES string of the molecule is COC(=O)CNS(=O)(=O)c1ccc(OC)c(C#CCN)c1. The van der Waals surface area contributed by atoms with Gasteiger partial charge >= 0.3 is 5.97 Å². The van der Waals surface area contributed by atoms with Gasteiger partial charge in [-0.15, -0.1) is 0 Å². The van der Waals surface area contributed by atoms with Gasteiger partial charge in [0.2, 0.25) is 10.0 Å². The van der Waals surface area contributed by atoms with Crippen molar-refractivity contribution in [1.82, 2.24) is 4.72 Å². The van der Waals surface area contributed by atoms with Crippen LogP contribution in [0.4, 0.5) is 0 Å². The van der Waals surface area contributed by atoms with E-state index in [-0.39, 0.29) is 11.4 Å². The van der Waals surface area contributed by atoms with Crippen LogP contribution in [0.5, 0.6) is 5.75 Å².